The Morgan fingerprint density at radius 2 is 2.04 bits per heavy atom. The molecule has 5 rings (SSSR count). The lowest BCUT2D eigenvalue weighted by molar-refractivity contribution is 0.192. The first-order chi connectivity index (χ1) is 13.6. The molecule has 4 heterocycles. The van der Waals surface area contributed by atoms with Gasteiger partial charge in [0.05, 0.1) is 0 Å². The van der Waals surface area contributed by atoms with E-state index in [0.29, 0.717) is 32.1 Å². The van der Waals surface area contributed by atoms with Crippen molar-refractivity contribution in [2.45, 2.75) is 30.4 Å². The second-order valence-electron chi connectivity index (χ2n) is 8.14. The number of allylic oxidation sites excluding steroid dienone is 3. The largest absolute Gasteiger partial charge is 0.346 e. The molecular weight excluding hydrogens is 372 g/mol. The molecule has 7 heteroatoms. The second kappa shape index (κ2) is 7.13. The number of nitrogens with zero attached hydrogens (tertiary/aromatic N) is 3. The van der Waals surface area contributed by atoms with Crippen LogP contribution in [0.25, 0.3) is 11.0 Å². The van der Waals surface area contributed by atoms with Gasteiger partial charge in [0.2, 0.25) is 10.0 Å². The van der Waals surface area contributed by atoms with E-state index < -0.39 is 10.0 Å². The van der Waals surface area contributed by atoms with Crippen molar-refractivity contribution in [1.29, 1.82) is 0 Å². The van der Waals surface area contributed by atoms with Crippen LogP contribution < -0.4 is 0 Å². The Labute approximate surface area is 166 Å². The Kier molecular flexibility index (Phi) is 4.61. The SMILES string of the molecule is O=S(=O)(C1CN(CC2=CC=CC2)C1)N1CCC(c2c[nH]c3ncccc23)CC1. The normalized spacial score (nSPS) is 22.6. The molecule has 28 heavy (non-hydrogen) atoms. The number of hydrogen-bond donors (Lipinski definition) is 1. The Morgan fingerprint density at radius 1 is 1.21 bits per heavy atom. The van der Waals surface area contributed by atoms with Crippen molar-refractivity contribution in [2.24, 2.45) is 0 Å². The molecule has 0 aromatic carbocycles. The molecule has 2 saturated heterocycles. The molecule has 0 radical (unpaired) electrons. The molecule has 0 amide bonds. The third-order valence-corrected chi connectivity index (χ3v) is 8.58. The summed E-state index contributed by atoms with van der Waals surface area (Å²) in [5, 5.41) is 0.922. The Morgan fingerprint density at radius 3 is 2.79 bits per heavy atom. The molecule has 2 aliphatic heterocycles. The van der Waals surface area contributed by atoms with Crippen molar-refractivity contribution in [3.8, 4) is 0 Å². The third-order valence-electron chi connectivity index (χ3n) is 6.36. The zero-order chi connectivity index (χ0) is 19.1. The molecule has 6 nitrogen and oxygen atoms in total. The highest BCUT2D eigenvalue weighted by atomic mass is 32.2. The van der Waals surface area contributed by atoms with Crippen LogP contribution >= 0.6 is 0 Å². The fraction of sp³-hybridized carbons (Fsp3) is 0.476. The minimum Gasteiger partial charge on any atom is -0.346 e. The monoisotopic (exact) mass is 398 g/mol. The standard InChI is InChI=1S/C21H26N4O2S/c26-28(27,18-14-24(15-18)13-16-4-1-2-5-16)25-10-7-17(8-11-25)20-12-23-21-19(20)6-3-9-22-21/h1-4,6,9,12,17-18H,5,7-8,10-11,13-15H2,(H,22,23). The Balaban J connectivity index is 1.18. The first-order valence-corrected chi connectivity index (χ1v) is 11.6. The van der Waals surface area contributed by atoms with Gasteiger partial charge in [-0.25, -0.2) is 17.7 Å². The number of aromatic amines is 1. The number of hydrogen-bond acceptors (Lipinski definition) is 4. The minimum absolute atomic E-state index is 0.240. The smallest absolute Gasteiger partial charge is 0.219 e. The summed E-state index contributed by atoms with van der Waals surface area (Å²) in [6, 6.07) is 4.05. The van der Waals surface area contributed by atoms with E-state index in [1.807, 2.05) is 12.3 Å². The zero-order valence-corrected chi connectivity index (χ0v) is 16.7. The summed E-state index contributed by atoms with van der Waals surface area (Å²) >= 11 is 0. The first kappa shape index (κ1) is 18.1. The summed E-state index contributed by atoms with van der Waals surface area (Å²) in [6.45, 7) is 3.45. The van der Waals surface area contributed by atoms with Gasteiger partial charge < -0.3 is 4.98 Å². The maximum atomic E-state index is 13.0. The van der Waals surface area contributed by atoms with E-state index in [-0.39, 0.29) is 5.25 Å². The molecule has 0 bridgehead atoms. The van der Waals surface area contributed by atoms with Gasteiger partial charge in [0.15, 0.2) is 0 Å². The molecule has 2 aromatic heterocycles. The van der Waals surface area contributed by atoms with Crippen molar-refractivity contribution in [3.63, 3.8) is 0 Å². The van der Waals surface area contributed by atoms with Crippen LogP contribution in [0.2, 0.25) is 0 Å². The molecule has 1 N–H and O–H groups in total. The predicted molar refractivity (Wildman–Crippen MR) is 111 cm³/mol. The van der Waals surface area contributed by atoms with Crippen molar-refractivity contribution >= 4 is 21.1 Å². The maximum absolute atomic E-state index is 13.0. The van der Waals surface area contributed by atoms with Crippen LogP contribution in [-0.4, -0.2) is 65.6 Å². The van der Waals surface area contributed by atoms with E-state index in [1.54, 1.807) is 10.5 Å². The van der Waals surface area contributed by atoms with Gasteiger partial charge in [-0.3, -0.25) is 4.90 Å². The van der Waals surface area contributed by atoms with Gasteiger partial charge in [0.1, 0.15) is 10.9 Å². The average molecular weight is 399 g/mol. The lowest BCUT2D eigenvalue weighted by Crippen LogP contribution is -2.59. The summed E-state index contributed by atoms with van der Waals surface area (Å²) in [4.78, 5) is 9.85. The van der Waals surface area contributed by atoms with Gasteiger partial charge in [-0.2, -0.15) is 0 Å². The van der Waals surface area contributed by atoms with Crippen LogP contribution in [0.4, 0.5) is 0 Å². The van der Waals surface area contributed by atoms with Gasteiger partial charge >= 0.3 is 0 Å². The maximum Gasteiger partial charge on any atom is 0.219 e. The molecule has 3 aliphatic rings. The fourth-order valence-corrected chi connectivity index (χ4v) is 6.62. The van der Waals surface area contributed by atoms with Gasteiger partial charge in [0.25, 0.3) is 0 Å². The highest BCUT2D eigenvalue weighted by Crippen LogP contribution is 2.34. The lowest BCUT2D eigenvalue weighted by Gasteiger charge is -2.42. The van der Waals surface area contributed by atoms with E-state index in [0.717, 1.165) is 36.8 Å². The molecular formula is C21H26N4O2S. The number of fused-ring (bicyclic) bond motifs is 1. The number of likely N-dealkylation sites (tertiary alicyclic amines) is 1. The molecule has 2 aromatic rings. The predicted octanol–water partition coefficient (Wildman–Crippen LogP) is 2.64. The van der Waals surface area contributed by atoms with Crippen molar-refractivity contribution < 1.29 is 8.42 Å². The van der Waals surface area contributed by atoms with Crippen LogP contribution in [-0.2, 0) is 10.0 Å². The number of rotatable bonds is 5. The number of H-pyrrole nitrogens is 1. The molecule has 1 aliphatic carbocycles. The van der Waals surface area contributed by atoms with Gasteiger partial charge in [-0.05, 0) is 42.9 Å². The number of piperidine rings is 1. The number of pyridine rings is 1. The van der Waals surface area contributed by atoms with Crippen molar-refractivity contribution in [1.82, 2.24) is 19.2 Å². The molecule has 2 fully saturated rings. The fourth-order valence-electron chi connectivity index (χ4n) is 4.68. The van der Waals surface area contributed by atoms with Crippen molar-refractivity contribution in [3.05, 3.63) is 53.9 Å². The molecule has 0 spiro atoms. The van der Waals surface area contributed by atoms with Gasteiger partial charge in [0, 0.05) is 50.5 Å². The highest BCUT2D eigenvalue weighted by Gasteiger charge is 2.42. The quantitative estimate of drug-likeness (QED) is 0.841. The molecule has 0 unspecified atom stereocenters. The number of sulfonamides is 1. The molecule has 148 valence electrons. The van der Waals surface area contributed by atoms with Gasteiger partial charge in [-0.1, -0.05) is 23.8 Å². The summed E-state index contributed by atoms with van der Waals surface area (Å²) in [5.41, 5.74) is 3.56. The number of nitrogens with one attached hydrogen (secondary N) is 1. The Hall–Kier alpha value is -1.96. The first-order valence-electron chi connectivity index (χ1n) is 10.1. The number of aromatic nitrogens is 2. The van der Waals surface area contributed by atoms with Crippen molar-refractivity contribution in [2.75, 3.05) is 32.7 Å². The topological polar surface area (TPSA) is 69.3 Å². The van der Waals surface area contributed by atoms with Gasteiger partial charge in [-0.15, -0.1) is 0 Å². The van der Waals surface area contributed by atoms with Crippen LogP contribution in [0.5, 0.6) is 0 Å². The van der Waals surface area contributed by atoms with Crippen LogP contribution in [0.1, 0.15) is 30.7 Å². The summed E-state index contributed by atoms with van der Waals surface area (Å²) < 4.78 is 27.8. The van der Waals surface area contributed by atoms with E-state index >= 15 is 0 Å². The summed E-state index contributed by atoms with van der Waals surface area (Å²) in [6.07, 6.45) is 13.0. The zero-order valence-electron chi connectivity index (χ0n) is 15.9. The third kappa shape index (κ3) is 3.21. The summed E-state index contributed by atoms with van der Waals surface area (Å²) in [7, 11) is -3.19. The van der Waals surface area contributed by atoms with E-state index in [1.165, 1.54) is 11.1 Å². The second-order valence-corrected chi connectivity index (χ2v) is 10.3. The van der Waals surface area contributed by atoms with E-state index in [9.17, 15) is 8.42 Å². The minimum atomic E-state index is -3.19. The highest BCUT2D eigenvalue weighted by molar-refractivity contribution is 7.89. The van der Waals surface area contributed by atoms with E-state index in [2.05, 4.69) is 39.2 Å². The molecule has 0 atom stereocenters. The Bertz CT molecular complexity index is 1030. The average Bonchev–Trinajstić information content (AvgIpc) is 3.34. The van der Waals surface area contributed by atoms with Crippen LogP contribution in [0.15, 0.2) is 48.3 Å². The lowest BCUT2D eigenvalue weighted by atomic mass is 9.90. The van der Waals surface area contributed by atoms with E-state index in [4.69, 9.17) is 0 Å². The van der Waals surface area contributed by atoms with Crippen LogP contribution in [0, 0.1) is 0 Å². The summed E-state index contributed by atoms with van der Waals surface area (Å²) in [5.74, 6) is 0.393. The van der Waals surface area contributed by atoms with Crippen LogP contribution in [0.3, 0.4) is 0 Å². The molecule has 0 saturated carbocycles.